The largest absolute Gasteiger partial charge is 0.496 e. The zero-order valence-corrected chi connectivity index (χ0v) is 10.7. The molecule has 1 aliphatic heterocycles. The van der Waals surface area contributed by atoms with E-state index in [2.05, 4.69) is 30.4 Å². The van der Waals surface area contributed by atoms with Crippen molar-refractivity contribution in [3.8, 4) is 5.75 Å². The molecule has 3 N–H and O–H groups in total. The molecule has 0 amide bonds. The van der Waals surface area contributed by atoms with Crippen LogP contribution in [-0.2, 0) is 0 Å². The molecule has 0 unspecified atom stereocenters. The van der Waals surface area contributed by atoms with Gasteiger partial charge in [0.1, 0.15) is 5.75 Å². The fourth-order valence-corrected chi connectivity index (χ4v) is 2.77. The number of hydrogen-bond acceptors (Lipinski definition) is 3. The van der Waals surface area contributed by atoms with Crippen molar-refractivity contribution in [3.05, 3.63) is 29.3 Å². The molecular weight excluding hydrogens is 212 g/mol. The van der Waals surface area contributed by atoms with Gasteiger partial charge < -0.3 is 15.8 Å². The lowest BCUT2D eigenvalue weighted by Gasteiger charge is -2.33. The van der Waals surface area contributed by atoms with E-state index < -0.39 is 0 Å². The molecule has 1 saturated heterocycles. The third-order valence-corrected chi connectivity index (χ3v) is 3.67. The van der Waals surface area contributed by atoms with Crippen molar-refractivity contribution in [1.82, 2.24) is 5.32 Å². The minimum absolute atomic E-state index is 0.337. The first kappa shape index (κ1) is 12.4. The molecule has 0 aromatic heterocycles. The number of hydrogen-bond donors (Lipinski definition) is 2. The van der Waals surface area contributed by atoms with E-state index in [1.54, 1.807) is 7.11 Å². The fraction of sp³-hybridized carbons (Fsp3) is 0.571. The summed E-state index contributed by atoms with van der Waals surface area (Å²) in [5.74, 6) is 1.52. The Hall–Kier alpha value is -1.06. The number of benzene rings is 1. The van der Waals surface area contributed by atoms with Gasteiger partial charge in [0.25, 0.3) is 0 Å². The molecule has 0 radical (unpaired) electrons. The Morgan fingerprint density at radius 1 is 1.47 bits per heavy atom. The normalized spacial score (nSPS) is 24.6. The molecule has 1 aliphatic rings. The van der Waals surface area contributed by atoms with Gasteiger partial charge in [-0.15, -0.1) is 0 Å². The monoisotopic (exact) mass is 234 g/mol. The molecule has 3 heteroatoms. The van der Waals surface area contributed by atoms with Crippen LogP contribution >= 0.6 is 0 Å². The van der Waals surface area contributed by atoms with E-state index in [9.17, 15) is 0 Å². The van der Waals surface area contributed by atoms with E-state index in [1.165, 1.54) is 24.0 Å². The summed E-state index contributed by atoms with van der Waals surface area (Å²) in [6.45, 7) is 3.88. The summed E-state index contributed by atoms with van der Waals surface area (Å²) in [6, 6.07) is 6.67. The third kappa shape index (κ3) is 2.45. The highest BCUT2D eigenvalue weighted by Crippen LogP contribution is 2.35. The van der Waals surface area contributed by atoms with Crippen molar-refractivity contribution in [2.45, 2.75) is 25.8 Å². The van der Waals surface area contributed by atoms with E-state index in [1.807, 2.05) is 0 Å². The summed E-state index contributed by atoms with van der Waals surface area (Å²) >= 11 is 0. The first-order valence-corrected chi connectivity index (χ1v) is 6.35. The first-order chi connectivity index (χ1) is 8.27. The Balaban J connectivity index is 2.34. The topological polar surface area (TPSA) is 47.3 Å². The fourth-order valence-electron chi connectivity index (χ4n) is 2.77. The number of nitrogens with one attached hydrogen (secondary N) is 1. The van der Waals surface area contributed by atoms with Crippen LogP contribution in [0.3, 0.4) is 0 Å². The van der Waals surface area contributed by atoms with Crippen molar-refractivity contribution >= 4 is 0 Å². The van der Waals surface area contributed by atoms with Crippen LogP contribution in [-0.4, -0.2) is 20.2 Å². The third-order valence-electron chi connectivity index (χ3n) is 3.67. The zero-order chi connectivity index (χ0) is 12.3. The van der Waals surface area contributed by atoms with Crippen LogP contribution in [0, 0.1) is 12.8 Å². The van der Waals surface area contributed by atoms with Gasteiger partial charge in [-0.05, 0) is 44.3 Å². The summed E-state index contributed by atoms with van der Waals surface area (Å²) in [5, 5.41) is 3.58. The smallest absolute Gasteiger partial charge is 0.126 e. The van der Waals surface area contributed by atoms with Crippen LogP contribution in [0.15, 0.2) is 18.2 Å². The van der Waals surface area contributed by atoms with Gasteiger partial charge in [0.05, 0.1) is 7.11 Å². The van der Waals surface area contributed by atoms with Gasteiger partial charge in [-0.25, -0.2) is 0 Å². The summed E-state index contributed by atoms with van der Waals surface area (Å²) in [5.41, 5.74) is 8.32. The molecule has 0 aliphatic carbocycles. The van der Waals surface area contributed by atoms with Crippen molar-refractivity contribution in [2.75, 3.05) is 20.2 Å². The maximum atomic E-state index is 5.88. The van der Waals surface area contributed by atoms with E-state index >= 15 is 0 Å². The van der Waals surface area contributed by atoms with Crippen LogP contribution in [0.25, 0.3) is 0 Å². The molecule has 94 valence electrons. The molecule has 17 heavy (non-hydrogen) atoms. The minimum Gasteiger partial charge on any atom is -0.496 e. The minimum atomic E-state index is 0.337. The number of para-hydroxylation sites is 1. The standard InChI is InChI=1S/C14H22N2O/c1-10-5-3-7-12(14(10)17-2)13-11(9-15)6-4-8-16-13/h3,5,7,11,13,16H,4,6,8-9,15H2,1-2H3/t11-,13+/m1/s1. The predicted molar refractivity (Wildman–Crippen MR) is 70.3 cm³/mol. The number of piperidine rings is 1. The van der Waals surface area contributed by atoms with E-state index in [4.69, 9.17) is 10.5 Å². The van der Waals surface area contributed by atoms with Crippen molar-refractivity contribution in [3.63, 3.8) is 0 Å². The lowest BCUT2D eigenvalue weighted by atomic mass is 9.85. The van der Waals surface area contributed by atoms with Crippen molar-refractivity contribution in [2.24, 2.45) is 11.7 Å². The number of aryl methyl sites for hydroxylation is 1. The lowest BCUT2D eigenvalue weighted by Crippen LogP contribution is -2.38. The molecule has 0 bridgehead atoms. The van der Waals surface area contributed by atoms with E-state index in [0.717, 1.165) is 18.8 Å². The molecular formula is C14H22N2O. The van der Waals surface area contributed by atoms with Gasteiger partial charge in [-0.3, -0.25) is 0 Å². The SMILES string of the molecule is COc1c(C)cccc1[C@H]1NCCC[C@@H]1CN. The predicted octanol–water partition coefficient (Wildman–Crippen LogP) is 2.00. The highest BCUT2D eigenvalue weighted by Gasteiger charge is 2.27. The second kappa shape index (κ2) is 5.52. The van der Waals surface area contributed by atoms with Gasteiger partial charge in [0.2, 0.25) is 0 Å². The number of rotatable bonds is 3. The molecule has 0 saturated carbocycles. The van der Waals surface area contributed by atoms with Gasteiger partial charge in [0, 0.05) is 11.6 Å². The number of ether oxygens (including phenoxy) is 1. The van der Waals surface area contributed by atoms with E-state index in [0.29, 0.717) is 12.0 Å². The second-order valence-electron chi connectivity index (χ2n) is 4.77. The molecule has 0 spiro atoms. The average molecular weight is 234 g/mol. The summed E-state index contributed by atoms with van der Waals surface area (Å²) in [7, 11) is 1.74. The van der Waals surface area contributed by atoms with Crippen LogP contribution in [0.1, 0.15) is 30.0 Å². The van der Waals surface area contributed by atoms with Crippen LogP contribution in [0.4, 0.5) is 0 Å². The van der Waals surface area contributed by atoms with Crippen molar-refractivity contribution in [1.29, 1.82) is 0 Å². The molecule has 1 aromatic carbocycles. The highest BCUT2D eigenvalue weighted by atomic mass is 16.5. The molecule has 1 fully saturated rings. The van der Waals surface area contributed by atoms with Crippen LogP contribution in [0.2, 0.25) is 0 Å². The molecule has 1 heterocycles. The van der Waals surface area contributed by atoms with Gasteiger partial charge in [-0.2, -0.15) is 0 Å². The number of methoxy groups -OCH3 is 1. The maximum Gasteiger partial charge on any atom is 0.126 e. The summed E-state index contributed by atoms with van der Waals surface area (Å²) < 4.78 is 5.54. The van der Waals surface area contributed by atoms with Gasteiger partial charge in [-0.1, -0.05) is 18.2 Å². The lowest BCUT2D eigenvalue weighted by molar-refractivity contribution is 0.282. The average Bonchev–Trinajstić information content (AvgIpc) is 2.38. The Kier molecular flexibility index (Phi) is 4.02. The first-order valence-electron chi connectivity index (χ1n) is 6.35. The molecule has 3 nitrogen and oxygen atoms in total. The molecule has 2 atom stereocenters. The zero-order valence-electron chi connectivity index (χ0n) is 10.7. The Morgan fingerprint density at radius 2 is 2.29 bits per heavy atom. The van der Waals surface area contributed by atoms with Crippen molar-refractivity contribution < 1.29 is 4.74 Å². The highest BCUT2D eigenvalue weighted by molar-refractivity contribution is 5.43. The molecule has 1 aromatic rings. The quantitative estimate of drug-likeness (QED) is 0.841. The second-order valence-corrected chi connectivity index (χ2v) is 4.77. The number of nitrogens with two attached hydrogens (primary N) is 1. The van der Waals surface area contributed by atoms with Gasteiger partial charge in [0.15, 0.2) is 0 Å². The Labute approximate surface area is 103 Å². The van der Waals surface area contributed by atoms with E-state index in [-0.39, 0.29) is 0 Å². The Bertz CT molecular complexity index is 378. The maximum absolute atomic E-state index is 5.88. The van der Waals surface area contributed by atoms with Gasteiger partial charge >= 0.3 is 0 Å². The van der Waals surface area contributed by atoms with Crippen LogP contribution < -0.4 is 15.8 Å². The summed E-state index contributed by atoms with van der Waals surface area (Å²) in [4.78, 5) is 0. The summed E-state index contributed by atoms with van der Waals surface area (Å²) in [6.07, 6.45) is 2.41. The Morgan fingerprint density at radius 3 is 3.00 bits per heavy atom. The van der Waals surface area contributed by atoms with Crippen LogP contribution in [0.5, 0.6) is 5.75 Å². The molecule has 2 rings (SSSR count).